The Balaban J connectivity index is 1.95. The highest BCUT2D eigenvalue weighted by molar-refractivity contribution is 5.68. The van der Waals surface area contributed by atoms with E-state index in [0.29, 0.717) is 6.10 Å². The third-order valence-corrected chi connectivity index (χ3v) is 2.75. The monoisotopic (exact) mass is 213 g/mol. The number of rotatable bonds is 0. The molecule has 0 aromatic heterocycles. The number of hydrogen-bond acceptors (Lipinski definition) is 3. The number of hydrogen-bond donors (Lipinski definition) is 0. The maximum Gasteiger partial charge on any atom is 0.412 e. The van der Waals surface area contributed by atoms with Crippen LogP contribution >= 0.6 is 0 Å². The molecular weight excluding hydrogens is 194 g/mol. The van der Waals surface area contributed by atoms with Gasteiger partial charge in [-0.2, -0.15) is 0 Å². The molecule has 2 aliphatic heterocycles. The molecule has 2 bridgehead atoms. The fourth-order valence-electron chi connectivity index (χ4n) is 2.08. The molecule has 2 aliphatic rings. The molecule has 0 saturated carbocycles. The summed E-state index contributed by atoms with van der Waals surface area (Å²) in [6.07, 6.45) is 3.05. The summed E-state index contributed by atoms with van der Waals surface area (Å²) in [7, 11) is 0. The summed E-state index contributed by atoms with van der Waals surface area (Å²) >= 11 is 0. The largest absolute Gasteiger partial charge is 0.444 e. The minimum Gasteiger partial charge on any atom is -0.444 e. The van der Waals surface area contributed by atoms with Crippen LogP contribution in [0.25, 0.3) is 0 Å². The van der Waals surface area contributed by atoms with Crippen molar-refractivity contribution in [3.8, 4) is 0 Å². The van der Waals surface area contributed by atoms with Crippen molar-refractivity contribution in [3.63, 3.8) is 0 Å². The topological polar surface area (TPSA) is 38.8 Å². The molecule has 0 aromatic carbocycles. The van der Waals surface area contributed by atoms with Gasteiger partial charge in [-0.05, 0) is 40.0 Å². The summed E-state index contributed by atoms with van der Waals surface area (Å²) in [6.45, 7) is 6.41. The zero-order valence-corrected chi connectivity index (χ0v) is 9.66. The first kappa shape index (κ1) is 10.7. The van der Waals surface area contributed by atoms with E-state index in [0.717, 1.165) is 25.8 Å². The molecule has 2 atom stereocenters. The van der Waals surface area contributed by atoms with Gasteiger partial charge in [0.25, 0.3) is 0 Å². The van der Waals surface area contributed by atoms with Crippen LogP contribution in [0.1, 0.15) is 40.0 Å². The average Bonchev–Trinajstić information content (AvgIpc) is 2.45. The van der Waals surface area contributed by atoms with Crippen molar-refractivity contribution in [1.82, 2.24) is 4.90 Å². The van der Waals surface area contributed by atoms with Crippen molar-refractivity contribution >= 4 is 6.09 Å². The van der Waals surface area contributed by atoms with E-state index in [1.54, 1.807) is 4.90 Å². The predicted octanol–water partition coefficient (Wildman–Crippen LogP) is 2.13. The third kappa shape index (κ3) is 2.43. The van der Waals surface area contributed by atoms with Crippen LogP contribution in [-0.4, -0.2) is 35.5 Å². The standard InChI is InChI=1S/C11H19NO3/c1-11(2,3)15-10(13)12-7-6-8-4-5-9(12)14-8/h8-9H,4-7H2,1-3H3. The zero-order chi connectivity index (χ0) is 11.1. The van der Waals surface area contributed by atoms with Crippen LogP contribution < -0.4 is 0 Å². The van der Waals surface area contributed by atoms with Gasteiger partial charge in [0, 0.05) is 6.54 Å². The van der Waals surface area contributed by atoms with Gasteiger partial charge in [-0.25, -0.2) is 4.79 Å². The van der Waals surface area contributed by atoms with Crippen LogP contribution in [0.3, 0.4) is 0 Å². The van der Waals surface area contributed by atoms with E-state index in [4.69, 9.17) is 9.47 Å². The van der Waals surface area contributed by atoms with Gasteiger partial charge in [0.15, 0.2) is 0 Å². The lowest BCUT2D eigenvalue weighted by molar-refractivity contribution is -0.0945. The summed E-state index contributed by atoms with van der Waals surface area (Å²) < 4.78 is 11.0. The Labute approximate surface area is 90.5 Å². The van der Waals surface area contributed by atoms with E-state index in [1.807, 2.05) is 20.8 Å². The molecule has 2 rings (SSSR count). The van der Waals surface area contributed by atoms with E-state index in [-0.39, 0.29) is 12.3 Å². The number of fused-ring (bicyclic) bond motifs is 2. The first-order valence-electron chi connectivity index (χ1n) is 5.61. The molecule has 86 valence electrons. The Hall–Kier alpha value is -0.770. The van der Waals surface area contributed by atoms with Crippen molar-refractivity contribution in [2.24, 2.45) is 0 Å². The van der Waals surface area contributed by atoms with Crippen LogP contribution in [0, 0.1) is 0 Å². The highest BCUT2D eigenvalue weighted by Crippen LogP contribution is 2.30. The number of nitrogens with zero attached hydrogens (tertiary/aromatic N) is 1. The second kappa shape index (κ2) is 3.67. The second-order valence-electron chi connectivity index (χ2n) is 5.25. The van der Waals surface area contributed by atoms with Crippen LogP contribution in [0.2, 0.25) is 0 Å². The van der Waals surface area contributed by atoms with Crippen LogP contribution in [0.5, 0.6) is 0 Å². The first-order chi connectivity index (χ1) is 6.96. The van der Waals surface area contributed by atoms with Gasteiger partial charge in [0.2, 0.25) is 0 Å². The molecule has 1 amide bonds. The molecule has 4 heteroatoms. The van der Waals surface area contributed by atoms with Crippen LogP contribution in [0.4, 0.5) is 4.79 Å². The van der Waals surface area contributed by atoms with Crippen LogP contribution in [-0.2, 0) is 9.47 Å². The summed E-state index contributed by atoms with van der Waals surface area (Å²) in [5.41, 5.74) is -0.424. The van der Waals surface area contributed by atoms with Crippen molar-refractivity contribution < 1.29 is 14.3 Å². The SMILES string of the molecule is CC(C)(C)OC(=O)N1CCC2CCC1O2. The maximum absolute atomic E-state index is 11.8. The number of likely N-dealkylation sites (tertiary alicyclic amines) is 1. The number of ether oxygens (including phenoxy) is 2. The van der Waals surface area contributed by atoms with E-state index in [9.17, 15) is 4.79 Å². The minimum atomic E-state index is -0.424. The number of carbonyl (C=O) groups excluding carboxylic acids is 1. The van der Waals surface area contributed by atoms with E-state index >= 15 is 0 Å². The molecule has 2 unspecified atom stereocenters. The molecule has 0 aliphatic carbocycles. The normalized spacial score (nSPS) is 30.5. The summed E-state index contributed by atoms with van der Waals surface area (Å²) in [4.78, 5) is 13.5. The summed E-state index contributed by atoms with van der Waals surface area (Å²) in [6, 6.07) is 0. The molecule has 0 aromatic rings. The van der Waals surface area contributed by atoms with Crippen molar-refractivity contribution in [1.29, 1.82) is 0 Å². The summed E-state index contributed by atoms with van der Waals surface area (Å²) in [5, 5.41) is 0. The van der Waals surface area contributed by atoms with Gasteiger partial charge in [0.1, 0.15) is 11.8 Å². The number of carbonyl (C=O) groups is 1. The lowest BCUT2D eigenvalue weighted by Crippen LogP contribution is -2.47. The van der Waals surface area contributed by atoms with Gasteiger partial charge in [-0.15, -0.1) is 0 Å². The predicted molar refractivity (Wildman–Crippen MR) is 55.5 cm³/mol. The molecular formula is C11H19NO3. The van der Waals surface area contributed by atoms with Gasteiger partial charge in [-0.3, -0.25) is 4.90 Å². The molecule has 0 radical (unpaired) electrons. The Bertz CT molecular complexity index is 259. The maximum atomic E-state index is 11.8. The molecule has 4 nitrogen and oxygen atoms in total. The fourth-order valence-corrected chi connectivity index (χ4v) is 2.08. The van der Waals surface area contributed by atoms with Crippen molar-refractivity contribution in [2.75, 3.05) is 6.54 Å². The quantitative estimate of drug-likeness (QED) is 0.618. The molecule has 15 heavy (non-hydrogen) atoms. The Kier molecular flexibility index (Phi) is 2.63. The Morgan fingerprint density at radius 3 is 2.73 bits per heavy atom. The van der Waals surface area contributed by atoms with Gasteiger partial charge in [0.05, 0.1) is 6.10 Å². The van der Waals surface area contributed by atoms with E-state index < -0.39 is 5.60 Å². The zero-order valence-electron chi connectivity index (χ0n) is 9.66. The molecule has 2 fully saturated rings. The second-order valence-corrected chi connectivity index (χ2v) is 5.25. The van der Waals surface area contributed by atoms with E-state index in [1.165, 1.54) is 0 Å². The van der Waals surface area contributed by atoms with Crippen LogP contribution in [0.15, 0.2) is 0 Å². The molecule has 0 spiro atoms. The smallest absolute Gasteiger partial charge is 0.412 e. The van der Waals surface area contributed by atoms with Crippen molar-refractivity contribution in [2.45, 2.75) is 58.0 Å². The summed E-state index contributed by atoms with van der Waals surface area (Å²) in [5.74, 6) is 0. The van der Waals surface area contributed by atoms with Crippen molar-refractivity contribution in [3.05, 3.63) is 0 Å². The Morgan fingerprint density at radius 2 is 2.07 bits per heavy atom. The van der Waals surface area contributed by atoms with Gasteiger partial charge < -0.3 is 9.47 Å². The van der Waals surface area contributed by atoms with E-state index in [2.05, 4.69) is 0 Å². The minimum absolute atomic E-state index is 0.0430. The lowest BCUT2D eigenvalue weighted by atomic mass is 10.2. The third-order valence-electron chi connectivity index (χ3n) is 2.75. The highest BCUT2D eigenvalue weighted by atomic mass is 16.6. The van der Waals surface area contributed by atoms with Gasteiger partial charge >= 0.3 is 6.09 Å². The molecule has 0 N–H and O–H groups in total. The number of amides is 1. The molecule has 2 saturated heterocycles. The first-order valence-corrected chi connectivity index (χ1v) is 5.61. The molecule has 2 heterocycles. The fraction of sp³-hybridized carbons (Fsp3) is 0.909. The average molecular weight is 213 g/mol. The lowest BCUT2D eigenvalue weighted by Gasteiger charge is -2.34. The Morgan fingerprint density at radius 1 is 1.33 bits per heavy atom. The highest BCUT2D eigenvalue weighted by Gasteiger charge is 2.39. The van der Waals surface area contributed by atoms with Gasteiger partial charge in [-0.1, -0.05) is 0 Å².